The van der Waals surface area contributed by atoms with Crippen molar-refractivity contribution in [2.45, 2.75) is 25.3 Å². The Morgan fingerprint density at radius 1 is 0.933 bits per heavy atom. The fourth-order valence-corrected chi connectivity index (χ4v) is 3.24. The molecule has 30 heavy (non-hydrogen) atoms. The summed E-state index contributed by atoms with van der Waals surface area (Å²) in [5, 5.41) is 14.8. The molecule has 3 aromatic rings. The summed E-state index contributed by atoms with van der Waals surface area (Å²) in [4.78, 5) is 35.1. The first-order valence-corrected chi connectivity index (χ1v) is 9.14. The maximum Gasteiger partial charge on any atom is 0.414 e. The van der Waals surface area contributed by atoms with Gasteiger partial charge in [0.05, 0.1) is 0 Å². The first kappa shape index (κ1) is 22.4. The number of benzene rings is 2. The summed E-state index contributed by atoms with van der Waals surface area (Å²) in [5.74, 6) is -3.06. The molecule has 2 aromatic carbocycles. The van der Waals surface area contributed by atoms with Gasteiger partial charge < -0.3 is 20.5 Å². The van der Waals surface area contributed by atoms with Gasteiger partial charge in [-0.3, -0.25) is 4.79 Å². The van der Waals surface area contributed by atoms with E-state index in [4.69, 9.17) is 25.5 Å². The topological polar surface area (TPSA) is 136 Å². The predicted molar refractivity (Wildman–Crippen MR) is 110 cm³/mol. The lowest BCUT2D eigenvalue weighted by atomic mass is 9.71. The molecule has 156 valence electrons. The van der Waals surface area contributed by atoms with Gasteiger partial charge in [-0.2, -0.15) is 0 Å². The van der Waals surface area contributed by atoms with Crippen LogP contribution in [0.5, 0.6) is 0 Å². The van der Waals surface area contributed by atoms with Gasteiger partial charge in [-0.1, -0.05) is 60.7 Å². The molecule has 0 spiro atoms. The molecular formula is C22H23N3O5. The number of primary amides is 1. The van der Waals surface area contributed by atoms with Crippen LogP contribution < -0.4 is 5.73 Å². The summed E-state index contributed by atoms with van der Waals surface area (Å²) in [7, 11) is 0. The Kier molecular flexibility index (Phi) is 7.46. The van der Waals surface area contributed by atoms with Gasteiger partial charge in [0.1, 0.15) is 11.2 Å². The van der Waals surface area contributed by atoms with E-state index in [0.717, 1.165) is 17.0 Å². The number of carbonyl (C=O) groups excluding carboxylic acids is 1. The summed E-state index contributed by atoms with van der Waals surface area (Å²) < 4.78 is 2.05. The van der Waals surface area contributed by atoms with Crippen molar-refractivity contribution < 1.29 is 24.6 Å². The van der Waals surface area contributed by atoms with Crippen molar-refractivity contribution in [2.75, 3.05) is 0 Å². The second kappa shape index (κ2) is 10.0. The van der Waals surface area contributed by atoms with Crippen LogP contribution in [0.3, 0.4) is 0 Å². The van der Waals surface area contributed by atoms with Crippen molar-refractivity contribution in [3.05, 3.63) is 90.0 Å². The third-order valence-corrected chi connectivity index (χ3v) is 4.79. The number of hydrogen-bond donors (Lipinski definition) is 3. The molecule has 0 aliphatic rings. The fraction of sp³-hybridized carbons (Fsp3) is 0.182. The van der Waals surface area contributed by atoms with E-state index in [2.05, 4.69) is 4.98 Å². The van der Waals surface area contributed by atoms with Gasteiger partial charge in [-0.25, -0.2) is 14.6 Å². The number of aliphatic carboxylic acids is 2. The number of carbonyl (C=O) groups is 3. The van der Waals surface area contributed by atoms with Crippen LogP contribution in [0.15, 0.2) is 73.1 Å². The van der Waals surface area contributed by atoms with E-state index in [0.29, 0.717) is 13.0 Å². The van der Waals surface area contributed by atoms with Gasteiger partial charge in [0.2, 0.25) is 5.91 Å². The summed E-state index contributed by atoms with van der Waals surface area (Å²) in [6.45, 7) is 2.62. The highest BCUT2D eigenvalue weighted by Gasteiger charge is 2.40. The highest BCUT2D eigenvalue weighted by atomic mass is 16.4. The highest BCUT2D eigenvalue weighted by molar-refractivity contribution is 6.27. The summed E-state index contributed by atoms with van der Waals surface area (Å²) >= 11 is 0. The zero-order valence-electron chi connectivity index (χ0n) is 16.4. The van der Waals surface area contributed by atoms with E-state index >= 15 is 0 Å². The number of carboxylic acid groups (broad SMARTS) is 2. The second-order valence-corrected chi connectivity index (χ2v) is 6.53. The van der Waals surface area contributed by atoms with Gasteiger partial charge in [0.25, 0.3) is 0 Å². The molecule has 0 saturated carbocycles. The monoisotopic (exact) mass is 409 g/mol. The van der Waals surface area contributed by atoms with Gasteiger partial charge >= 0.3 is 11.9 Å². The number of aryl methyl sites for hydroxylation is 2. The maximum absolute atomic E-state index is 12.7. The highest BCUT2D eigenvalue weighted by Crippen LogP contribution is 2.36. The molecule has 0 atom stereocenters. The standard InChI is InChI=1S/C20H21N3O.C2H2O4/c1-16-22-13-15-23(16)14-12-20(19(21)24,17-8-4-2-5-9-17)18-10-6-3-7-11-18;3-1(4)2(5)6/h2-11,13,15H,12,14H2,1H3,(H2,21,24);(H,3,4)(H,5,6). The molecule has 1 aromatic heterocycles. The zero-order valence-corrected chi connectivity index (χ0v) is 16.4. The van der Waals surface area contributed by atoms with Crippen LogP contribution in [-0.2, 0) is 26.3 Å². The van der Waals surface area contributed by atoms with Gasteiger partial charge in [0.15, 0.2) is 0 Å². The number of hydrogen-bond acceptors (Lipinski definition) is 4. The Bertz CT molecular complexity index is 948. The van der Waals surface area contributed by atoms with Crippen molar-refractivity contribution in [2.24, 2.45) is 5.73 Å². The largest absolute Gasteiger partial charge is 0.473 e. The van der Waals surface area contributed by atoms with Crippen molar-refractivity contribution in [1.82, 2.24) is 9.55 Å². The second-order valence-electron chi connectivity index (χ2n) is 6.53. The summed E-state index contributed by atoms with van der Waals surface area (Å²) in [6.07, 6.45) is 4.27. The first-order chi connectivity index (χ1) is 14.3. The molecule has 1 heterocycles. The summed E-state index contributed by atoms with van der Waals surface area (Å²) in [6, 6.07) is 19.5. The third kappa shape index (κ3) is 5.11. The van der Waals surface area contributed by atoms with Crippen LogP contribution in [0.1, 0.15) is 23.4 Å². The molecule has 8 heteroatoms. The van der Waals surface area contributed by atoms with Crippen LogP contribution in [0.4, 0.5) is 0 Å². The number of amides is 1. The Hall–Kier alpha value is -3.94. The van der Waals surface area contributed by atoms with Crippen LogP contribution >= 0.6 is 0 Å². The fourth-order valence-electron chi connectivity index (χ4n) is 3.24. The zero-order chi connectivity index (χ0) is 22.1. The van der Waals surface area contributed by atoms with Crippen LogP contribution in [0.2, 0.25) is 0 Å². The van der Waals surface area contributed by atoms with E-state index in [-0.39, 0.29) is 5.91 Å². The van der Waals surface area contributed by atoms with Crippen molar-refractivity contribution in [3.63, 3.8) is 0 Å². The molecule has 0 aliphatic heterocycles. The minimum atomic E-state index is -1.82. The van der Waals surface area contributed by atoms with Gasteiger partial charge in [0, 0.05) is 18.9 Å². The van der Waals surface area contributed by atoms with E-state index in [1.165, 1.54) is 0 Å². The van der Waals surface area contributed by atoms with Crippen LogP contribution in [-0.4, -0.2) is 37.6 Å². The lowest BCUT2D eigenvalue weighted by molar-refractivity contribution is -0.159. The average molecular weight is 409 g/mol. The van der Waals surface area contributed by atoms with Crippen molar-refractivity contribution in [1.29, 1.82) is 0 Å². The molecule has 4 N–H and O–H groups in total. The first-order valence-electron chi connectivity index (χ1n) is 9.14. The number of nitrogens with zero attached hydrogens (tertiary/aromatic N) is 2. The third-order valence-electron chi connectivity index (χ3n) is 4.79. The SMILES string of the molecule is Cc1nccn1CCC(C(N)=O)(c1ccccc1)c1ccccc1.O=C(O)C(=O)O. The Morgan fingerprint density at radius 3 is 1.73 bits per heavy atom. The van der Waals surface area contributed by atoms with E-state index < -0.39 is 17.4 Å². The minimum Gasteiger partial charge on any atom is -0.473 e. The molecule has 0 unspecified atom stereocenters. The van der Waals surface area contributed by atoms with Crippen LogP contribution in [0, 0.1) is 6.92 Å². The molecule has 0 bridgehead atoms. The molecule has 0 radical (unpaired) electrons. The molecule has 0 fully saturated rings. The molecule has 0 aliphatic carbocycles. The number of nitrogens with two attached hydrogens (primary N) is 1. The number of aromatic nitrogens is 2. The minimum absolute atomic E-state index is 0.335. The lowest BCUT2D eigenvalue weighted by Gasteiger charge is -2.32. The van der Waals surface area contributed by atoms with Crippen LogP contribution in [0.25, 0.3) is 0 Å². The molecular weight excluding hydrogens is 386 g/mol. The Balaban J connectivity index is 0.000000469. The van der Waals surface area contributed by atoms with Gasteiger partial charge in [-0.05, 0) is 24.5 Å². The predicted octanol–water partition coefficient (Wildman–Crippen LogP) is 2.21. The molecule has 1 amide bonds. The number of imidazole rings is 1. The van der Waals surface area contributed by atoms with E-state index in [1.807, 2.05) is 78.4 Å². The molecule has 8 nitrogen and oxygen atoms in total. The number of rotatable bonds is 6. The van der Waals surface area contributed by atoms with Crippen molar-refractivity contribution in [3.8, 4) is 0 Å². The Morgan fingerprint density at radius 2 is 1.40 bits per heavy atom. The number of carboxylic acids is 2. The molecule has 3 rings (SSSR count). The quantitative estimate of drug-likeness (QED) is 0.534. The average Bonchev–Trinajstić information content (AvgIpc) is 3.15. The Labute approximate surface area is 173 Å². The van der Waals surface area contributed by atoms with E-state index in [1.54, 1.807) is 6.20 Å². The van der Waals surface area contributed by atoms with E-state index in [9.17, 15) is 4.79 Å². The molecule has 0 saturated heterocycles. The van der Waals surface area contributed by atoms with Crippen molar-refractivity contribution >= 4 is 17.8 Å². The smallest absolute Gasteiger partial charge is 0.414 e. The normalized spacial score (nSPS) is 10.6. The lowest BCUT2D eigenvalue weighted by Crippen LogP contribution is -2.43. The maximum atomic E-state index is 12.7. The summed E-state index contributed by atoms with van der Waals surface area (Å²) in [5.41, 5.74) is 6.92. The van der Waals surface area contributed by atoms with Gasteiger partial charge in [-0.15, -0.1) is 0 Å².